The molecule has 0 radical (unpaired) electrons. The van der Waals surface area contributed by atoms with Crippen molar-refractivity contribution in [1.82, 2.24) is 19.8 Å². The first-order valence-corrected chi connectivity index (χ1v) is 9.60. The Kier molecular flexibility index (Phi) is 5.29. The van der Waals surface area contributed by atoms with Crippen LogP contribution in [0.3, 0.4) is 0 Å². The van der Waals surface area contributed by atoms with Crippen LogP contribution in [0.1, 0.15) is 0 Å². The minimum Gasteiger partial charge on any atom is -0.481 e. The van der Waals surface area contributed by atoms with Crippen LogP contribution in [0.5, 0.6) is 5.88 Å². The summed E-state index contributed by atoms with van der Waals surface area (Å²) in [6.45, 7) is 6.31. The number of pyridine rings is 2. The number of benzene rings is 1. The number of ether oxygens (including phenoxy) is 1. The van der Waals surface area contributed by atoms with E-state index in [1.165, 1.54) is 0 Å². The number of piperazine rings is 1. The fourth-order valence-corrected chi connectivity index (χ4v) is 3.64. The zero-order valence-corrected chi connectivity index (χ0v) is 16.5. The number of anilines is 1. The molecule has 0 saturated carbocycles. The summed E-state index contributed by atoms with van der Waals surface area (Å²) >= 11 is 6.18. The number of aromatic nitrogens is 2. The molecule has 0 spiro atoms. The third kappa shape index (κ3) is 3.93. The zero-order chi connectivity index (χ0) is 18.8. The van der Waals surface area contributed by atoms with Gasteiger partial charge in [0, 0.05) is 55.7 Å². The summed E-state index contributed by atoms with van der Waals surface area (Å²) < 4.78 is 5.32. The first-order valence-electron chi connectivity index (χ1n) is 9.23. The molecule has 0 unspecified atom stereocenters. The lowest BCUT2D eigenvalue weighted by molar-refractivity contribution is 0.158. The summed E-state index contributed by atoms with van der Waals surface area (Å²) in [4.78, 5) is 14.2. The summed E-state index contributed by atoms with van der Waals surface area (Å²) in [6, 6.07) is 9.56. The topological polar surface area (TPSA) is 53.5 Å². The Hall–Kier alpha value is -2.15. The maximum absolute atomic E-state index is 6.18. The van der Waals surface area contributed by atoms with Gasteiger partial charge in [-0.05, 0) is 31.3 Å². The van der Waals surface area contributed by atoms with E-state index in [0.717, 1.165) is 66.9 Å². The summed E-state index contributed by atoms with van der Waals surface area (Å²) in [6.07, 6.45) is 0. The predicted octanol–water partition coefficient (Wildman–Crippen LogP) is 3.10. The number of hydrogen-bond acceptors (Lipinski definition) is 6. The fourth-order valence-electron chi connectivity index (χ4n) is 3.48. The lowest BCUT2D eigenvalue weighted by Crippen LogP contribution is -2.45. The van der Waals surface area contributed by atoms with Crippen molar-refractivity contribution < 1.29 is 4.74 Å². The maximum atomic E-state index is 6.18. The average Bonchev–Trinajstić information content (AvgIpc) is 2.68. The van der Waals surface area contributed by atoms with Gasteiger partial charge in [0.2, 0.25) is 5.88 Å². The summed E-state index contributed by atoms with van der Waals surface area (Å²) in [5.74, 6) is 0.583. The van der Waals surface area contributed by atoms with Crippen LogP contribution in [0, 0.1) is 0 Å². The van der Waals surface area contributed by atoms with Crippen LogP contribution in [0.25, 0.3) is 21.9 Å². The molecule has 6 nitrogen and oxygen atoms in total. The Bertz CT molecular complexity index is 956. The molecular formula is C20H24ClN5O. The van der Waals surface area contributed by atoms with Gasteiger partial charge in [0.25, 0.3) is 0 Å². The van der Waals surface area contributed by atoms with E-state index in [0.29, 0.717) is 10.9 Å². The smallest absolute Gasteiger partial charge is 0.213 e. The van der Waals surface area contributed by atoms with Gasteiger partial charge in [-0.3, -0.25) is 4.90 Å². The number of methoxy groups -OCH3 is 1. The number of fused-ring (bicyclic) bond motifs is 2. The Morgan fingerprint density at radius 1 is 1.07 bits per heavy atom. The molecule has 1 aliphatic rings. The average molecular weight is 386 g/mol. The molecule has 3 heterocycles. The minimum absolute atomic E-state index is 0.583. The minimum atomic E-state index is 0.583. The van der Waals surface area contributed by atoms with Gasteiger partial charge in [-0.2, -0.15) is 0 Å². The van der Waals surface area contributed by atoms with Crippen molar-refractivity contribution >= 4 is 39.2 Å². The Labute approximate surface area is 164 Å². The molecule has 1 fully saturated rings. The Balaban J connectivity index is 1.65. The fraction of sp³-hybridized carbons (Fsp3) is 0.400. The van der Waals surface area contributed by atoms with Crippen molar-refractivity contribution in [2.45, 2.75) is 0 Å². The lowest BCUT2D eigenvalue weighted by Gasteiger charge is -2.32. The van der Waals surface area contributed by atoms with Crippen molar-refractivity contribution in [2.75, 3.05) is 58.7 Å². The predicted molar refractivity (Wildman–Crippen MR) is 111 cm³/mol. The first kappa shape index (κ1) is 18.2. The second-order valence-corrected chi connectivity index (χ2v) is 7.38. The van der Waals surface area contributed by atoms with Gasteiger partial charge in [0.05, 0.1) is 23.8 Å². The molecule has 1 aliphatic heterocycles. The van der Waals surface area contributed by atoms with E-state index in [4.69, 9.17) is 21.3 Å². The summed E-state index contributed by atoms with van der Waals surface area (Å²) in [5.41, 5.74) is 3.50. The number of likely N-dealkylation sites (N-methyl/N-ethyl adjacent to an activating group) is 1. The van der Waals surface area contributed by atoms with E-state index in [2.05, 4.69) is 27.1 Å². The molecule has 0 amide bonds. The van der Waals surface area contributed by atoms with Crippen molar-refractivity contribution in [2.24, 2.45) is 0 Å². The summed E-state index contributed by atoms with van der Waals surface area (Å²) in [7, 11) is 3.80. The largest absolute Gasteiger partial charge is 0.481 e. The molecule has 1 N–H and O–H groups in total. The standard InChI is InChI=1S/C20H24ClN5O/c1-25-9-11-26(12-10-25)8-7-22-19-15-4-3-14(21)13-17(15)23-16-5-6-18(27-2)24-20(16)19/h3-6,13H,7-12H2,1-2H3,(H,22,23). The number of rotatable bonds is 5. The van der Waals surface area contributed by atoms with Gasteiger partial charge in [0.1, 0.15) is 5.52 Å². The third-order valence-electron chi connectivity index (χ3n) is 5.09. The molecule has 0 bridgehead atoms. The maximum Gasteiger partial charge on any atom is 0.213 e. The molecule has 2 aromatic heterocycles. The molecule has 1 aromatic carbocycles. The third-order valence-corrected chi connectivity index (χ3v) is 5.33. The van der Waals surface area contributed by atoms with Crippen LogP contribution in [-0.2, 0) is 0 Å². The molecule has 27 heavy (non-hydrogen) atoms. The number of nitrogens with zero attached hydrogens (tertiary/aromatic N) is 4. The second kappa shape index (κ2) is 7.84. The molecule has 142 valence electrons. The van der Waals surface area contributed by atoms with Crippen molar-refractivity contribution in [3.05, 3.63) is 35.4 Å². The van der Waals surface area contributed by atoms with Gasteiger partial charge in [-0.1, -0.05) is 11.6 Å². The highest BCUT2D eigenvalue weighted by molar-refractivity contribution is 6.31. The van der Waals surface area contributed by atoms with Crippen LogP contribution in [0.15, 0.2) is 30.3 Å². The second-order valence-electron chi connectivity index (χ2n) is 6.94. The van der Waals surface area contributed by atoms with E-state index >= 15 is 0 Å². The summed E-state index contributed by atoms with van der Waals surface area (Å²) in [5, 5.41) is 5.30. The van der Waals surface area contributed by atoms with Gasteiger partial charge in [-0.25, -0.2) is 9.97 Å². The SMILES string of the molecule is COc1ccc2nc3cc(Cl)ccc3c(NCCN3CCN(C)CC3)c2n1. The molecule has 3 aromatic rings. The van der Waals surface area contributed by atoms with Crippen LogP contribution < -0.4 is 10.1 Å². The van der Waals surface area contributed by atoms with Gasteiger partial charge < -0.3 is 15.0 Å². The number of hydrogen-bond donors (Lipinski definition) is 1. The highest BCUT2D eigenvalue weighted by atomic mass is 35.5. The number of nitrogens with one attached hydrogen (secondary N) is 1. The molecule has 7 heteroatoms. The Morgan fingerprint density at radius 3 is 2.67 bits per heavy atom. The monoisotopic (exact) mass is 385 g/mol. The molecule has 0 aliphatic carbocycles. The van der Waals surface area contributed by atoms with E-state index in [-0.39, 0.29) is 0 Å². The molecule has 1 saturated heterocycles. The lowest BCUT2D eigenvalue weighted by atomic mass is 10.1. The van der Waals surface area contributed by atoms with Gasteiger partial charge in [0.15, 0.2) is 0 Å². The van der Waals surface area contributed by atoms with Crippen molar-refractivity contribution in [1.29, 1.82) is 0 Å². The van der Waals surface area contributed by atoms with Crippen LogP contribution in [-0.4, -0.2) is 73.2 Å². The van der Waals surface area contributed by atoms with Gasteiger partial charge in [-0.15, -0.1) is 0 Å². The Morgan fingerprint density at radius 2 is 1.89 bits per heavy atom. The zero-order valence-electron chi connectivity index (χ0n) is 15.7. The van der Waals surface area contributed by atoms with E-state index < -0.39 is 0 Å². The normalized spacial score (nSPS) is 16.1. The first-order chi connectivity index (χ1) is 13.1. The highest BCUT2D eigenvalue weighted by Crippen LogP contribution is 2.32. The molecule has 4 rings (SSSR count). The van der Waals surface area contributed by atoms with Gasteiger partial charge >= 0.3 is 0 Å². The number of halogens is 1. The van der Waals surface area contributed by atoms with E-state index in [1.807, 2.05) is 30.3 Å². The van der Waals surface area contributed by atoms with Crippen molar-refractivity contribution in [3.8, 4) is 5.88 Å². The van der Waals surface area contributed by atoms with Crippen molar-refractivity contribution in [3.63, 3.8) is 0 Å². The molecular weight excluding hydrogens is 362 g/mol. The molecule has 0 atom stereocenters. The van der Waals surface area contributed by atoms with Crippen LogP contribution in [0.2, 0.25) is 5.02 Å². The highest BCUT2D eigenvalue weighted by Gasteiger charge is 2.15. The van der Waals surface area contributed by atoms with E-state index in [1.54, 1.807) is 7.11 Å². The van der Waals surface area contributed by atoms with E-state index in [9.17, 15) is 0 Å². The van der Waals surface area contributed by atoms with Crippen LogP contribution >= 0.6 is 11.6 Å². The van der Waals surface area contributed by atoms with Crippen LogP contribution in [0.4, 0.5) is 5.69 Å². The quantitative estimate of drug-likeness (QED) is 0.681.